The van der Waals surface area contributed by atoms with Gasteiger partial charge in [0.15, 0.2) is 11.5 Å². The monoisotopic (exact) mass is 809 g/mol. The number of piperidine rings is 1. The van der Waals surface area contributed by atoms with Gasteiger partial charge in [-0.15, -0.1) is 0 Å². The zero-order chi connectivity index (χ0) is 39.9. The Morgan fingerprint density at radius 1 is 0.732 bits per heavy atom. The lowest BCUT2D eigenvalue weighted by atomic mass is 9.76. The molecule has 1 unspecified atom stereocenters. The van der Waals surface area contributed by atoms with Crippen molar-refractivity contribution in [1.29, 1.82) is 0 Å². The molecular formula is C42H53Cl2N5O7. The number of rotatable bonds is 13. The van der Waals surface area contributed by atoms with E-state index >= 15 is 0 Å². The summed E-state index contributed by atoms with van der Waals surface area (Å²) in [5.74, 6) is 0.921. The molecule has 0 aliphatic carbocycles. The van der Waals surface area contributed by atoms with Crippen molar-refractivity contribution in [3.05, 3.63) is 87.4 Å². The first kappa shape index (κ1) is 41.4. The fraction of sp³-hybridized carbons (Fsp3) is 0.500. The number of amides is 3. The third-order valence-corrected chi connectivity index (χ3v) is 12.4. The Morgan fingerprint density at radius 3 is 2.02 bits per heavy atom. The summed E-state index contributed by atoms with van der Waals surface area (Å²) in [6.45, 7) is 8.15. The standard InChI is InChI=1S/C42H53Cl2N5O7/c1-5-56-37(50)28-47-21-23-48(24-22-47)40(52)45-42(31-9-7-6-8-10-31)15-18-46(19-16-42)17-13-41(32-11-12-33(43)34(44)27-32)14-20-49(29-41)39(51)30-25-35(53-2)38(55-4)36(26-30)54-3/h6-12,25-27H,5,13-24,28-29H2,1-4H3,(H,45,52). The minimum absolute atomic E-state index is 0.0838. The van der Waals surface area contributed by atoms with Gasteiger partial charge >= 0.3 is 12.0 Å². The molecule has 3 aliphatic heterocycles. The quantitative estimate of drug-likeness (QED) is 0.206. The molecule has 3 aromatic rings. The lowest BCUT2D eigenvalue weighted by Gasteiger charge is -2.45. The van der Waals surface area contributed by atoms with Gasteiger partial charge < -0.3 is 39.0 Å². The summed E-state index contributed by atoms with van der Waals surface area (Å²) < 4.78 is 21.7. The summed E-state index contributed by atoms with van der Waals surface area (Å²) in [7, 11) is 4.61. The van der Waals surface area contributed by atoms with Crippen LogP contribution in [0.1, 0.15) is 54.1 Å². The molecule has 0 radical (unpaired) electrons. The number of carbonyl (C=O) groups excluding carboxylic acids is 3. The van der Waals surface area contributed by atoms with E-state index in [4.69, 9.17) is 42.1 Å². The first-order chi connectivity index (χ1) is 27.0. The van der Waals surface area contributed by atoms with Gasteiger partial charge in [-0.3, -0.25) is 14.5 Å². The number of hydrogen-bond donors (Lipinski definition) is 1. The van der Waals surface area contributed by atoms with Crippen molar-refractivity contribution in [2.24, 2.45) is 0 Å². The van der Waals surface area contributed by atoms with Crippen molar-refractivity contribution in [2.75, 3.05) is 93.4 Å². The van der Waals surface area contributed by atoms with Crippen molar-refractivity contribution in [2.45, 2.75) is 43.6 Å². The topological polar surface area (TPSA) is 113 Å². The largest absolute Gasteiger partial charge is 0.493 e. The molecule has 14 heteroatoms. The van der Waals surface area contributed by atoms with Crippen LogP contribution in [0.15, 0.2) is 60.7 Å². The third-order valence-electron chi connectivity index (χ3n) is 11.7. The number of halogens is 2. The Morgan fingerprint density at radius 2 is 1.41 bits per heavy atom. The van der Waals surface area contributed by atoms with Crippen LogP contribution in [0.3, 0.4) is 0 Å². The second-order valence-corrected chi connectivity index (χ2v) is 15.7. The van der Waals surface area contributed by atoms with Crippen LogP contribution in [0.5, 0.6) is 17.2 Å². The Bertz CT molecular complexity index is 1830. The molecule has 0 bridgehead atoms. The number of ether oxygens (including phenoxy) is 4. The average Bonchev–Trinajstić information content (AvgIpc) is 3.67. The van der Waals surface area contributed by atoms with Crippen LogP contribution in [-0.4, -0.2) is 131 Å². The van der Waals surface area contributed by atoms with Crippen LogP contribution >= 0.6 is 23.2 Å². The molecule has 3 saturated heterocycles. The Labute approximate surface area is 339 Å². The molecule has 3 heterocycles. The maximum Gasteiger partial charge on any atom is 0.320 e. The van der Waals surface area contributed by atoms with Crippen LogP contribution in [0.25, 0.3) is 0 Å². The SMILES string of the molecule is CCOC(=O)CN1CCN(C(=O)NC2(c3ccccc3)CCN(CCC3(c4ccc(Cl)c(Cl)c4)CCN(C(=O)c4cc(OC)c(OC)c(OC)c4)C3)CC2)CC1. The number of nitrogens with one attached hydrogen (secondary N) is 1. The maximum atomic E-state index is 14.1. The molecule has 0 spiro atoms. The number of carbonyl (C=O) groups is 3. The average molecular weight is 811 g/mol. The van der Waals surface area contributed by atoms with Gasteiger partial charge in [-0.25, -0.2) is 4.79 Å². The molecule has 0 saturated carbocycles. The predicted octanol–water partition coefficient (Wildman–Crippen LogP) is 6.07. The Hall–Kier alpha value is -4.23. The van der Waals surface area contributed by atoms with Crippen LogP contribution in [-0.2, 0) is 20.5 Å². The Kier molecular flexibility index (Phi) is 13.6. The summed E-state index contributed by atoms with van der Waals surface area (Å²) in [6.07, 6.45) is 3.05. The molecule has 1 N–H and O–H groups in total. The highest BCUT2D eigenvalue weighted by Crippen LogP contribution is 2.43. The predicted molar refractivity (Wildman–Crippen MR) is 216 cm³/mol. The molecule has 56 heavy (non-hydrogen) atoms. The van der Waals surface area contributed by atoms with Crippen LogP contribution < -0.4 is 19.5 Å². The van der Waals surface area contributed by atoms with E-state index in [9.17, 15) is 14.4 Å². The number of esters is 1. The van der Waals surface area contributed by atoms with Crippen LogP contribution in [0.4, 0.5) is 4.79 Å². The maximum absolute atomic E-state index is 14.1. The van der Waals surface area contributed by atoms with Gasteiger partial charge in [-0.2, -0.15) is 0 Å². The number of hydrogen-bond acceptors (Lipinski definition) is 9. The highest BCUT2D eigenvalue weighted by molar-refractivity contribution is 6.42. The number of urea groups is 1. The highest BCUT2D eigenvalue weighted by atomic mass is 35.5. The van der Waals surface area contributed by atoms with E-state index in [-0.39, 0.29) is 29.9 Å². The number of likely N-dealkylation sites (tertiary alicyclic amines) is 2. The van der Waals surface area contributed by atoms with E-state index in [1.807, 2.05) is 51.1 Å². The molecule has 3 fully saturated rings. The Balaban J connectivity index is 1.15. The number of benzene rings is 3. The molecular weight excluding hydrogens is 757 g/mol. The van der Waals surface area contributed by atoms with Crippen molar-refractivity contribution in [3.63, 3.8) is 0 Å². The van der Waals surface area contributed by atoms with Gasteiger partial charge in [-0.05, 0) is 74.5 Å². The van der Waals surface area contributed by atoms with E-state index in [2.05, 4.69) is 22.3 Å². The van der Waals surface area contributed by atoms with E-state index < -0.39 is 5.54 Å². The molecule has 6 rings (SSSR count). The van der Waals surface area contributed by atoms with E-state index in [1.165, 1.54) is 21.3 Å². The van der Waals surface area contributed by atoms with Crippen molar-refractivity contribution in [3.8, 4) is 17.2 Å². The van der Waals surface area contributed by atoms with Gasteiger partial charge in [-0.1, -0.05) is 59.6 Å². The number of piperazine rings is 1. The summed E-state index contributed by atoms with van der Waals surface area (Å²) in [5.41, 5.74) is 1.73. The molecule has 1 atom stereocenters. The van der Waals surface area contributed by atoms with Gasteiger partial charge in [0.2, 0.25) is 5.75 Å². The van der Waals surface area contributed by atoms with E-state index in [0.717, 1.165) is 56.4 Å². The number of nitrogens with zero attached hydrogens (tertiary/aromatic N) is 4. The van der Waals surface area contributed by atoms with Gasteiger partial charge in [0, 0.05) is 63.3 Å². The van der Waals surface area contributed by atoms with Crippen molar-refractivity contribution >= 4 is 41.1 Å². The summed E-state index contributed by atoms with van der Waals surface area (Å²) >= 11 is 13.0. The highest BCUT2D eigenvalue weighted by Gasteiger charge is 2.44. The van der Waals surface area contributed by atoms with Crippen LogP contribution in [0.2, 0.25) is 10.0 Å². The summed E-state index contributed by atoms with van der Waals surface area (Å²) in [6, 6.07) is 19.4. The normalized spacial score (nSPS) is 20.0. The lowest BCUT2D eigenvalue weighted by molar-refractivity contribution is -0.144. The minimum Gasteiger partial charge on any atom is -0.493 e. The third kappa shape index (κ3) is 9.15. The first-order valence-electron chi connectivity index (χ1n) is 19.3. The summed E-state index contributed by atoms with van der Waals surface area (Å²) in [5, 5.41) is 4.44. The van der Waals surface area contributed by atoms with Gasteiger partial charge in [0.1, 0.15) is 0 Å². The van der Waals surface area contributed by atoms with Gasteiger partial charge in [0.05, 0.1) is 50.1 Å². The molecule has 3 amide bonds. The molecule has 0 aromatic heterocycles. The zero-order valence-corrected chi connectivity index (χ0v) is 34.3. The smallest absolute Gasteiger partial charge is 0.320 e. The van der Waals surface area contributed by atoms with Crippen LogP contribution in [0, 0.1) is 0 Å². The van der Waals surface area contributed by atoms with E-state index in [0.29, 0.717) is 78.7 Å². The molecule has 3 aliphatic rings. The minimum atomic E-state index is -0.518. The second-order valence-electron chi connectivity index (χ2n) is 14.8. The lowest BCUT2D eigenvalue weighted by Crippen LogP contribution is -2.59. The van der Waals surface area contributed by atoms with Crippen molar-refractivity contribution in [1.82, 2.24) is 24.9 Å². The molecule has 3 aromatic carbocycles. The second kappa shape index (κ2) is 18.4. The fourth-order valence-electron chi connectivity index (χ4n) is 8.40. The molecule has 302 valence electrons. The van der Waals surface area contributed by atoms with Crippen molar-refractivity contribution < 1.29 is 33.3 Å². The fourth-order valence-corrected chi connectivity index (χ4v) is 8.70. The first-order valence-corrected chi connectivity index (χ1v) is 20.1. The van der Waals surface area contributed by atoms with Gasteiger partial charge in [0.25, 0.3) is 5.91 Å². The van der Waals surface area contributed by atoms with E-state index in [1.54, 1.807) is 19.1 Å². The summed E-state index contributed by atoms with van der Waals surface area (Å²) in [4.78, 5) is 48.1. The molecule has 12 nitrogen and oxygen atoms in total. The zero-order valence-electron chi connectivity index (χ0n) is 32.8. The number of methoxy groups -OCH3 is 3.